The average molecular weight is 425 g/mol. The van der Waals surface area contributed by atoms with Gasteiger partial charge >= 0.3 is 0 Å². The molecule has 0 amide bonds. The van der Waals surface area contributed by atoms with Gasteiger partial charge in [-0.2, -0.15) is 4.98 Å². The standard InChI is InChI=1S/C14H27N5O2.HI/c1-6-20-12(10(2)3)7-8-16-14(15-5)17-9-13-18-11(4)21-19-13;/h10,12H,6-9H2,1-5H3,(H2,15,16,17);1H. The third kappa shape index (κ3) is 7.92. The molecule has 22 heavy (non-hydrogen) atoms. The van der Waals surface area contributed by atoms with Crippen LogP contribution in [0.1, 0.15) is 38.9 Å². The molecule has 1 rings (SSSR count). The van der Waals surface area contributed by atoms with Gasteiger partial charge in [0.2, 0.25) is 5.89 Å². The van der Waals surface area contributed by atoms with Crippen molar-refractivity contribution in [1.82, 2.24) is 20.8 Å². The van der Waals surface area contributed by atoms with Gasteiger partial charge in [0, 0.05) is 27.1 Å². The molecule has 0 aromatic carbocycles. The lowest BCUT2D eigenvalue weighted by atomic mass is 10.0. The van der Waals surface area contributed by atoms with Gasteiger partial charge in [-0.25, -0.2) is 0 Å². The van der Waals surface area contributed by atoms with E-state index in [4.69, 9.17) is 9.26 Å². The maximum absolute atomic E-state index is 5.72. The van der Waals surface area contributed by atoms with Crippen LogP contribution in [0.4, 0.5) is 0 Å². The molecule has 7 nitrogen and oxygen atoms in total. The number of aromatic nitrogens is 2. The fraction of sp³-hybridized carbons (Fsp3) is 0.786. The third-order valence-corrected chi connectivity index (χ3v) is 3.05. The van der Waals surface area contributed by atoms with Gasteiger partial charge < -0.3 is 19.9 Å². The van der Waals surface area contributed by atoms with Crippen molar-refractivity contribution < 1.29 is 9.26 Å². The van der Waals surface area contributed by atoms with Crippen LogP contribution in [-0.2, 0) is 11.3 Å². The molecule has 8 heteroatoms. The van der Waals surface area contributed by atoms with Gasteiger partial charge in [-0.1, -0.05) is 19.0 Å². The summed E-state index contributed by atoms with van der Waals surface area (Å²) in [6.07, 6.45) is 1.20. The van der Waals surface area contributed by atoms with Crippen LogP contribution in [-0.4, -0.2) is 42.4 Å². The number of aryl methyl sites for hydroxylation is 1. The van der Waals surface area contributed by atoms with Crippen LogP contribution in [0.25, 0.3) is 0 Å². The molecule has 1 unspecified atom stereocenters. The lowest BCUT2D eigenvalue weighted by Gasteiger charge is -2.21. The first kappa shape index (κ1) is 21.1. The van der Waals surface area contributed by atoms with Crippen LogP contribution in [0.5, 0.6) is 0 Å². The zero-order chi connectivity index (χ0) is 15.7. The van der Waals surface area contributed by atoms with Gasteiger partial charge in [0.15, 0.2) is 11.8 Å². The van der Waals surface area contributed by atoms with E-state index in [0.717, 1.165) is 25.5 Å². The predicted octanol–water partition coefficient (Wildman–Crippen LogP) is 2.11. The maximum Gasteiger partial charge on any atom is 0.223 e. The Hall–Kier alpha value is -0.900. The second-order valence-electron chi connectivity index (χ2n) is 5.11. The van der Waals surface area contributed by atoms with Gasteiger partial charge in [-0.15, -0.1) is 24.0 Å². The molecule has 1 aromatic rings. The van der Waals surface area contributed by atoms with E-state index in [1.54, 1.807) is 14.0 Å². The lowest BCUT2D eigenvalue weighted by Crippen LogP contribution is -2.39. The molecule has 0 aliphatic carbocycles. The molecular formula is C14H28IN5O2. The van der Waals surface area contributed by atoms with E-state index < -0.39 is 0 Å². The van der Waals surface area contributed by atoms with Crippen molar-refractivity contribution in [3.8, 4) is 0 Å². The Morgan fingerprint density at radius 3 is 2.59 bits per heavy atom. The van der Waals surface area contributed by atoms with Crippen LogP contribution < -0.4 is 10.6 Å². The number of hydrogen-bond donors (Lipinski definition) is 2. The first-order chi connectivity index (χ1) is 10.1. The normalized spacial score (nSPS) is 12.9. The topological polar surface area (TPSA) is 84.6 Å². The maximum atomic E-state index is 5.72. The highest BCUT2D eigenvalue weighted by Gasteiger charge is 2.13. The van der Waals surface area contributed by atoms with E-state index >= 15 is 0 Å². The second kappa shape index (κ2) is 11.6. The van der Waals surface area contributed by atoms with Crippen LogP contribution >= 0.6 is 24.0 Å². The highest BCUT2D eigenvalue weighted by atomic mass is 127. The van der Waals surface area contributed by atoms with Crippen molar-refractivity contribution >= 4 is 29.9 Å². The van der Waals surface area contributed by atoms with Gasteiger partial charge in [-0.05, 0) is 19.3 Å². The van der Waals surface area contributed by atoms with Crippen molar-refractivity contribution in [2.45, 2.75) is 46.8 Å². The number of nitrogens with zero attached hydrogens (tertiary/aromatic N) is 3. The number of ether oxygens (including phenoxy) is 1. The molecule has 0 fully saturated rings. The Labute approximate surface area is 149 Å². The summed E-state index contributed by atoms with van der Waals surface area (Å²) >= 11 is 0. The van der Waals surface area contributed by atoms with Crippen molar-refractivity contribution in [2.75, 3.05) is 20.2 Å². The van der Waals surface area contributed by atoms with E-state index in [2.05, 4.69) is 39.6 Å². The number of halogens is 1. The fourth-order valence-corrected chi connectivity index (χ4v) is 1.95. The van der Waals surface area contributed by atoms with Crippen LogP contribution in [0.15, 0.2) is 9.52 Å². The summed E-state index contributed by atoms with van der Waals surface area (Å²) in [4.78, 5) is 8.29. The molecular weight excluding hydrogens is 397 g/mol. The number of aliphatic imine (C=N–C) groups is 1. The Morgan fingerprint density at radius 2 is 2.09 bits per heavy atom. The molecule has 0 saturated carbocycles. The van der Waals surface area contributed by atoms with Gasteiger partial charge in [0.1, 0.15) is 0 Å². The summed E-state index contributed by atoms with van der Waals surface area (Å²) in [6, 6.07) is 0. The molecule has 1 heterocycles. The molecule has 0 bridgehead atoms. The summed E-state index contributed by atoms with van der Waals surface area (Å²) < 4.78 is 10.6. The largest absolute Gasteiger partial charge is 0.378 e. The van der Waals surface area contributed by atoms with E-state index in [1.165, 1.54) is 0 Å². The van der Waals surface area contributed by atoms with Gasteiger partial charge in [0.05, 0.1) is 12.6 Å². The molecule has 1 aromatic heterocycles. The Morgan fingerprint density at radius 1 is 1.36 bits per heavy atom. The smallest absolute Gasteiger partial charge is 0.223 e. The molecule has 0 spiro atoms. The summed E-state index contributed by atoms with van der Waals surface area (Å²) in [5, 5.41) is 10.2. The highest BCUT2D eigenvalue weighted by molar-refractivity contribution is 14.0. The SMILES string of the molecule is CCOC(CCNC(=NC)NCc1noc(C)n1)C(C)C.I. The predicted molar refractivity (Wildman–Crippen MR) is 97.5 cm³/mol. The van der Waals surface area contributed by atoms with Crippen LogP contribution in [0.3, 0.4) is 0 Å². The molecule has 0 aliphatic rings. The zero-order valence-electron chi connectivity index (χ0n) is 14.0. The van der Waals surface area contributed by atoms with Crippen molar-refractivity contribution in [1.29, 1.82) is 0 Å². The van der Waals surface area contributed by atoms with Crippen molar-refractivity contribution in [2.24, 2.45) is 10.9 Å². The monoisotopic (exact) mass is 425 g/mol. The Bertz CT molecular complexity index is 437. The summed E-state index contributed by atoms with van der Waals surface area (Å²) in [6.45, 7) is 10.2. The molecule has 0 aliphatic heterocycles. The first-order valence-electron chi connectivity index (χ1n) is 7.42. The van der Waals surface area contributed by atoms with Crippen LogP contribution in [0.2, 0.25) is 0 Å². The third-order valence-electron chi connectivity index (χ3n) is 3.05. The lowest BCUT2D eigenvalue weighted by molar-refractivity contribution is 0.0258. The number of nitrogens with one attached hydrogen (secondary N) is 2. The number of rotatable bonds is 8. The molecule has 1 atom stereocenters. The van der Waals surface area contributed by atoms with Gasteiger partial charge in [0.25, 0.3) is 0 Å². The van der Waals surface area contributed by atoms with Crippen molar-refractivity contribution in [3.63, 3.8) is 0 Å². The van der Waals surface area contributed by atoms with E-state index in [9.17, 15) is 0 Å². The van der Waals surface area contributed by atoms with Gasteiger partial charge in [-0.3, -0.25) is 4.99 Å². The fourth-order valence-electron chi connectivity index (χ4n) is 1.95. The summed E-state index contributed by atoms with van der Waals surface area (Å²) in [7, 11) is 1.74. The first-order valence-corrected chi connectivity index (χ1v) is 7.42. The number of guanidine groups is 1. The second-order valence-corrected chi connectivity index (χ2v) is 5.11. The minimum absolute atomic E-state index is 0. The molecule has 2 N–H and O–H groups in total. The summed E-state index contributed by atoms with van der Waals surface area (Å²) in [5.41, 5.74) is 0. The molecule has 0 radical (unpaired) electrons. The zero-order valence-corrected chi connectivity index (χ0v) is 16.4. The van der Waals surface area contributed by atoms with E-state index in [0.29, 0.717) is 24.2 Å². The molecule has 0 saturated heterocycles. The quantitative estimate of drug-likeness (QED) is 0.377. The van der Waals surface area contributed by atoms with E-state index in [-0.39, 0.29) is 30.1 Å². The van der Waals surface area contributed by atoms with Crippen molar-refractivity contribution in [3.05, 3.63) is 11.7 Å². The van der Waals surface area contributed by atoms with Crippen LogP contribution in [0, 0.1) is 12.8 Å². The molecule has 128 valence electrons. The minimum atomic E-state index is 0. The number of hydrogen-bond acceptors (Lipinski definition) is 5. The summed E-state index contributed by atoms with van der Waals surface area (Å²) in [5.74, 6) is 2.40. The Balaban J connectivity index is 0.00000441. The van der Waals surface area contributed by atoms with E-state index in [1.807, 2.05) is 6.92 Å². The minimum Gasteiger partial charge on any atom is -0.378 e. The average Bonchev–Trinajstić information content (AvgIpc) is 2.86. The highest BCUT2D eigenvalue weighted by Crippen LogP contribution is 2.09. The Kier molecular flexibility index (Phi) is 11.2.